The molecule has 12 heteroatoms. The number of aliphatic hydroxyl groups is 1. The first-order valence-electron chi connectivity index (χ1n) is 9.60. The fourth-order valence-corrected chi connectivity index (χ4v) is 7.13. The molecule has 2 fully saturated rings. The Morgan fingerprint density at radius 2 is 2.07 bits per heavy atom. The SMILES string of the molecule is NC[C@H]1[C@@H]2CN3C(=O)c4cccn4[C@H]4N=C(N)N[C@]43[C@H]2[C@@]2(NC(N)=N[C@H]2O)[C@@H]1Cl. The zero-order chi connectivity index (χ0) is 20.3. The zero-order valence-corrected chi connectivity index (χ0v) is 16.1. The summed E-state index contributed by atoms with van der Waals surface area (Å²) in [6, 6.07) is 3.58. The van der Waals surface area contributed by atoms with Gasteiger partial charge in [-0.25, -0.2) is 9.98 Å². The highest BCUT2D eigenvalue weighted by Gasteiger charge is 2.79. The van der Waals surface area contributed by atoms with Crippen molar-refractivity contribution in [1.82, 2.24) is 20.1 Å². The van der Waals surface area contributed by atoms with Gasteiger partial charge in [-0.2, -0.15) is 0 Å². The Balaban J connectivity index is 1.60. The van der Waals surface area contributed by atoms with Crippen molar-refractivity contribution >= 4 is 29.4 Å². The molecular formula is C17H22ClN9O2. The molecule has 1 saturated carbocycles. The number of rotatable bonds is 1. The topological polar surface area (TPSA) is 172 Å². The number of nitrogens with one attached hydrogen (secondary N) is 2. The van der Waals surface area contributed by atoms with E-state index in [0.29, 0.717) is 18.8 Å². The third-order valence-corrected chi connectivity index (χ3v) is 8.12. The molecule has 0 aromatic carbocycles. The first-order valence-corrected chi connectivity index (χ1v) is 10.0. The van der Waals surface area contributed by atoms with E-state index in [0.717, 1.165) is 0 Å². The molecule has 1 aliphatic carbocycles. The molecule has 154 valence electrons. The maximum atomic E-state index is 13.4. The summed E-state index contributed by atoms with van der Waals surface area (Å²) in [4.78, 5) is 24.0. The predicted octanol–water partition coefficient (Wildman–Crippen LogP) is -2.53. The molecule has 2 spiro atoms. The smallest absolute Gasteiger partial charge is 0.272 e. The number of aliphatic imine (C=N–C) groups is 2. The van der Waals surface area contributed by atoms with Crippen LogP contribution < -0.4 is 27.8 Å². The zero-order valence-electron chi connectivity index (χ0n) is 15.4. The van der Waals surface area contributed by atoms with Gasteiger partial charge in [0, 0.05) is 18.7 Å². The molecule has 11 nitrogen and oxygen atoms in total. The van der Waals surface area contributed by atoms with Crippen LogP contribution in [-0.2, 0) is 0 Å². The number of alkyl halides is 1. The number of guanidine groups is 2. The number of amides is 1. The van der Waals surface area contributed by atoms with Crippen molar-refractivity contribution in [2.45, 2.75) is 29.0 Å². The second kappa shape index (κ2) is 5.15. The van der Waals surface area contributed by atoms with Crippen LogP contribution in [0.4, 0.5) is 0 Å². The second-order valence-corrected chi connectivity index (χ2v) is 8.91. The molecule has 1 saturated heterocycles. The van der Waals surface area contributed by atoms with Crippen LogP contribution in [0.3, 0.4) is 0 Å². The number of nitrogens with two attached hydrogens (primary N) is 3. The van der Waals surface area contributed by atoms with Crippen LogP contribution in [0.15, 0.2) is 28.3 Å². The molecule has 0 radical (unpaired) electrons. The van der Waals surface area contributed by atoms with Crippen molar-refractivity contribution in [3.8, 4) is 0 Å². The standard InChI is InChI=1S/C17H22ClN9O2/c18-10-6(4-19)7-5-27-11(28)8-2-1-3-26(8)12-17(27,25-14(20)22-12)9(7)16(10)13(29)23-15(21)24-16/h1-3,6-7,9-10,12-13,29H,4-5,19H2,(H3,20,22,25)(H3,21,23,24)/t6-,7-,9+,10+,12+,13-,16+,17-/m0/s1. The lowest BCUT2D eigenvalue weighted by Gasteiger charge is -2.51. The van der Waals surface area contributed by atoms with E-state index in [2.05, 4.69) is 20.6 Å². The molecule has 29 heavy (non-hydrogen) atoms. The summed E-state index contributed by atoms with van der Waals surface area (Å²) >= 11 is 6.94. The lowest BCUT2D eigenvalue weighted by Crippen LogP contribution is -2.74. The summed E-state index contributed by atoms with van der Waals surface area (Å²) in [6.45, 7) is 0.721. The minimum atomic E-state index is -1.19. The number of nitrogens with zero attached hydrogens (tertiary/aromatic N) is 4. The highest BCUT2D eigenvalue weighted by atomic mass is 35.5. The highest BCUT2D eigenvalue weighted by Crippen LogP contribution is 2.63. The Morgan fingerprint density at radius 3 is 2.76 bits per heavy atom. The molecule has 1 aromatic rings. The second-order valence-electron chi connectivity index (χ2n) is 8.44. The maximum Gasteiger partial charge on any atom is 0.272 e. The lowest BCUT2D eigenvalue weighted by atomic mass is 9.73. The molecule has 5 aliphatic rings. The van der Waals surface area contributed by atoms with Gasteiger partial charge in [-0.05, 0) is 30.5 Å². The van der Waals surface area contributed by atoms with Gasteiger partial charge in [-0.15, -0.1) is 11.6 Å². The van der Waals surface area contributed by atoms with Gasteiger partial charge in [-0.3, -0.25) is 4.79 Å². The third-order valence-electron chi connectivity index (χ3n) is 7.43. The average molecular weight is 420 g/mol. The third kappa shape index (κ3) is 1.68. The molecule has 1 aromatic heterocycles. The molecule has 4 aliphatic heterocycles. The Bertz CT molecular complexity index is 993. The van der Waals surface area contributed by atoms with Gasteiger partial charge >= 0.3 is 0 Å². The minimum absolute atomic E-state index is 0.101. The molecule has 9 N–H and O–H groups in total. The van der Waals surface area contributed by atoms with E-state index in [4.69, 9.17) is 28.8 Å². The fourth-order valence-electron chi connectivity index (χ4n) is 6.54. The number of aliphatic hydroxyl groups excluding tert-OH is 1. The van der Waals surface area contributed by atoms with Crippen LogP contribution in [0.5, 0.6) is 0 Å². The number of fused-ring (bicyclic) bond motifs is 4. The molecule has 1 amide bonds. The van der Waals surface area contributed by atoms with E-state index in [9.17, 15) is 9.90 Å². The van der Waals surface area contributed by atoms with Crippen molar-refractivity contribution in [2.75, 3.05) is 13.1 Å². The first kappa shape index (κ1) is 17.4. The van der Waals surface area contributed by atoms with E-state index in [1.807, 2.05) is 16.8 Å². The van der Waals surface area contributed by atoms with Gasteiger partial charge < -0.3 is 42.4 Å². The molecule has 0 bridgehead atoms. The van der Waals surface area contributed by atoms with Gasteiger partial charge in [0.05, 0.1) is 5.38 Å². The summed E-state index contributed by atoms with van der Waals surface area (Å²) in [6.07, 6.45) is 0.125. The minimum Gasteiger partial charge on any atom is -0.370 e. The van der Waals surface area contributed by atoms with Crippen molar-refractivity contribution in [3.63, 3.8) is 0 Å². The normalized spacial score (nSPS) is 46.6. The number of hydrogen-bond donors (Lipinski definition) is 6. The Labute approximate surface area is 170 Å². The van der Waals surface area contributed by atoms with Gasteiger partial charge in [0.15, 0.2) is 30.0 Å². The summed E-state index contributed by atoms with van der Waals surface area (Å²) in [5.41, 5.74) is 16.6. The molecule has 0 unspecified atom stereocenters. The Hall–Kier alpha value is -2.50. The van der Waals surface area contributed by atoms with Crippen LogP contribution in [0.25, 0.3) is 0 Å². The monoisotopic (exact) mass is 419 g/mol. The summed E-state index contributed by atoms with van der Waals surface area (Å²) in [7, 11) is 0. The quantitative estimate of drug-likeness (QED) is 0.272. The average Bonchev–Trinajstić information content (AvgIpc) is 3.42. The van der Waals surface area contributed by atoms with Crippen LogP contribution in [0.2, 0.25) is 0 Å². The molecule has 5 heterocycles. The number of halogens is 1. The lowest BCUT2D eigenvalue weighted by molar-refractivity contribution is -0.0269. The van der Waals surface area contributed by atoms with Crippen molar-refractivity contribution in [2.24, 2.45) is 44.9 Å². The molecule has 6 rings (SSSR count). The van der Waals surface area contributed by atoms with E-state index in [1.54, 1.807) is 11.0 Å². The first-order chi connectivity index (χ1) is 13.9. The molecular weight excluding hydrogens is 398 g/mol. The summed E-state index contributed by atoms with van der Waals surface area (Å²) < 4.78 is 1.83. The molecule has 8 atom stereocenters. The Morgan fingerprint density at radius 1 is 1.31 bits per heavy atom. The van der Waals surface area contributed by atoms with Crippen LogP contribution >= 0.6 is 11.6 Å². The van der Waals surface area contributed by atoms with E-state index in [1.165, 1.54) is 0 Å². The van der Waals surface area contributed by atoms with Gasteiger partial charge in [0.25, 0.3) is 5.91 Å². The number of hydrogen-bond acceptors (Lipinski definition) is 9. The van der Waals surface area contributed by atoms with E-state index >= 15 is 0 Å². The van der Waals surface area contributed by atoms with Crippen molar-refractivity contribution < 1.29 is 9.90 Å². The van der Waals surface area contributed by atoms with Crippen molar-refractivity contribution in [3.05, 3.63) is 24.0 Å². The highest BCUT2D eigenvalue weighted by molar-refractivity contribution is 6.22. The largest absolute Gasteiger partial charge is 0.370 e. The summed E-state index contributed by atoms with van der Waals surface area (Å²) in [5.74, 6) is -0.441. The van der Waals surface area contributed by atoms with E-state index < -0.39 is 29.0 Å². The van der Waals surface area contributed by atoms with Crippen LogP contribution in [0.1, 0.15) is 16.7 Å². The van der Waals surface area contributed by atoms with Gasteiger partial charge in [0.2, 0.25) is 0 Å². The van der Waals surface area contributed by atoms with E-state index in [-0.39, 0.29) is 35.6 Å². The number of aromatic nitrogens is 1. The fraction of sp³-hybridized carbons (Fsp3) is 0.588. The maximum absolute atomic E-state index is 13.4. The predicted molar refractivity (Wildman–Crippen MR) is 105 cm³/mol. The Kier molecular flexibility index (Phi) is 3.09. The number of carbonyl (C=O) groups excluding carboxylic acids is 1. The van der Waals surface area contributed by atoms with Gasteiger partial charge in [0.1, 0.15) is 11.2 Å². The van der Waals surface area contributed by atoms with Crippen LogP contribution in [0, 0.1) is 17.8 Å². The summed E-state index contributed by atoms with van der Waals surface area (Å²) in [5, 5.41) is 16.9. The van der Waals surface area contributed by atoms with Gasteiger partial charge in [-0.1, -0.05) is 0 Å². The van der Waals surface area contributed by atoms with Crippen LogP contribution in [-0.4, -0.2) is 68.3 Å². The number of carbonyl (C=O) groups is 1. The van der Waals surface area contributed by atoms with Crippen molar-refractivity contribution in [1.29, 1.82) is 0 Å².